The lowest BCUT2D eigenvalue weighted by Gasteiger charge is -2.08. The number of thiazole rings is 1. The van der Waals surface area contributed by atoms with E-state index >= 15 is 0 Å². The van der Waals surface area contributed by atoms with Crippen molar-refractivity contribution in [3.8, 4) is 10.6 Å². The van der Waals surface area contributed by atoms with Crippen LogP contribution in [-0.4, -0.2) is 29.4 Å². The van der Waals surface area contributed by atoms with Crippen LogP contribution < -0.4 is 10.6 Å². The first kappa shape index (κ1) is 17.6. The van der Waals surface area contributed by atoms with Gasteiger partial charge in [0.15, 0.2) is 0 Å². The van der Waals surface area contributed by atoms with Crippen molar-refractivity contribution in [1.82, 2.24) is 15.6 Å². The minimum absolute atomic E-state index is 0.0142. The monoisotopic (exact) mass is 395 g/mol. The second kappa shape index (κ2) is 8.21. The van der Waals surface area contributed by atoms with Crippen molar-refractivity contribution in [3.63, 3.8) is 0 Å². The topological polar surface area (TPSA) is 71.1 Å². The Labute approximate surface area is 147 Å². The molecule has 122 valence electrons. The van der Waals surface area contributed by atoms with Crippen LogP contribution in [0.3, 0.4) is 0 Å². The molecule has 0 atom stereocenters. The van der Waals surface area contributed by atoms with E-state index in [0.717, 1.165) is 15.0 Å². The molecule has 2 aromatic rings. The Morgan fingerprint density at radius 2 is 2.09 bits per heavy atom. The summed E-state index contributed by atoms with van der Waals surface area (Å²) in [5.74, 6) is -0.406. The van der Waals surface area contributed by atoms with Crippen LogP contribution in [0.1, 0.15) is 19.5 Å². The maximum Gasteiger partial charge on any atom is 0.239 e. The lowest BCUT2D eigenvalue weighted by atomic mass is 10.2. The van der Waals surface area contributed by atoms with Gasteiger partial charge in [0.05, 0.1) is 18.7 Å². The van der Waals surface area contributed by atoms with E-state index < -0.39 is 0 Å². The van der Waals surface area contributed by atoms with Crippen LogP contribution in [0.2, 0.25) is 0 Å². The normalized spacial score (nSPS) is 10.6. The molecule has 1 aromatic carbocycles. The third-order valence-electron chi connectivity index (χ3n) is 2.86. The molecule has 2 rings (SSSR count). The maximum absolute atomic E-state index is 11.9. The Bertz CT molecular complexity index is 700. The van der Waals surface area contributed by atoms with Gasteiger partial charge in [-0.2, -0.15) is 0 Å². The summed E-state index contributed by atoms with van der Waals surface area (Å²) >= 11 is 4.93. The Kier molecular flexibility index (Phi) is 6.29. The highest BCUT2D eigenvalue weighted by Gasteiger charge is 2.11. The molecule has 0 bridgehead atoms. The number of carbonyl (C=O) groups is 2. The number of rotatable bonds is 6. The van der Waals surface area contributed by atoms with Crippen LogP contribution in [0.25, 0.3) is 10.6 Å². The molecule has 0 saturated heterocycles. The quantitative estimate of drug-likeness (QED) is 0.789. The van der Waals surface area contributed by atoms with Gasteiger partial charge in [-0.15, -0.1) is 11.3 Å². The number of aromatic nitrogens is 1. The molecule has 2 amide bonds. The predicted octanol–water partition coefficient (Wildman–Crippen LogP) is 2.76. The number of hydrogen-bond donors (Lipinski definition) is 2. The molecule has 1 aromatic heterocycles. The van der Waals surface area contributed by atoms with E-state index in [1.807, 2.05) is 43.5 Å². The summed E-state index contributed by atoms with van der Waals surface area (Å²) in [7, 11) is 0. The summed E-state index contributed by atoms with van der Waals surface area (Å²) in [6.45, 7) is 3.73. The van der Waals surface area contributed by atoms with E-state index in [9.17, 15) is 9.59 Å². The third-order valence-corrected chi connectivity index (χ3v) is 4.29. The van der Waals surface area contributed by atoms with Gasteiger partial charge in [-0.25, -0.2) is 4.98 Å². The molecule has 1 heterocycles. The fourth-order valence-electron chi connectivity index (χ4n) is 1.92. The number of carbonyl (C=O) groups excluding carboxylic acids is 2. The third kappa shape index (κ3) is 5.76. The molecule has 0 unspecified atom stereocenters. The predicted molar refractivity (Wildman–Crippen MR) is 95.2 cm³/mol. The fourth-order valence-corrected chi connectivity index (χ4v) is 3.14. The molecule has 23 heavy (non-hydrogen) atoms. The molecule has 0 aliphatic carbocycles. The average molecular weight is 396 g/mol. The van der Waals surface area contributed by atoms with Crippen molar-refractivity contribution in [2.45, 2.75) is 26.3 Å². The van der Waals surface area contributed by atoms with E-state index in [-0.39, 0.29) is 30.8 Å². The van der Waals surface area contributed by atoms with Gasteiger partial charge in [0.25, 0.3) is 0 Å². The highest BCUT2D eigenvalue weighted by atomic mass is 79.9. The van der Waals surface area contributed by atoms with Crippen molar-refractivity contribution in [2.75, 3.05) is 6.54 Å². The van der Waals surface area contributed by atoms with E-state index in [4.69, 9.17) is 0 Å². The minimum atomic E-state index is -0.213. The number of benzene rings is 1. The second-order valence-corrected chi connectivity index (χ2v) is 7.10. The van der Waals surface area contributed by atoms with E-state index in [1.54, 1.807) is 0 Å². The lowest BCUT2D eigenvalue weighted by molar-refractivity contribution is -0.126. The van der Waals surface area contributed by atoms with Gasteiger partial charge in [0, 0.05) is 21.5 Å². The van der Waals surface area contributed by atoms with Gasteiger partial charge in [-0.05, 0) is 26.0 Å². The summed E-state index contributed by atoms with van der Waals surface area (Å²) in [5.41, 5.74) is 1.71. The largest absolute Gasteiger partial charge is 0.352 e. The van der Waals surface area contributed by atoms with Gasteiger partial charge < -0.3 is 10.6 Å². The molecule has 0 aliphatic rings. The van der Waals surface area contributed by atoms with Crippen LogP contribution >= 0.6 is 27.3 Å². The van der Waals surface area contributed by atoms with Crippen molar-refractivity contribution in [1.29, 1.82) is 0 Å². The molecule has 0 spiro atoms. The Morgan fingerprint density at radius 3 is 2.78 bits per heavy atom. The van der Waals surface area contributed by atoms with E-state index in [1.165, 1.54) is 11.3 Å². The van der Waals surface area contributed by atoms with Gasteiger partial charge in [-0.3, -0.25) is 9.59 Å². The van der Waals surface area contributed by atoms with Crippen molar-refractivity contribution < 1.29 is 9.59 Å². The maximum atomic E-state index is 11.9. The molecular weight excluding hydrogens is 378 g/mol. The highest BCUT2D eigenvalue weighted by Crippen LogP contribution is 2.26. The van der Waals surface area contributed by atoms with Crippen LogP contribution in [-0.2, 0) is 16.0 Å². The van der Waals surface area contributed by atoms with Crippen molar-refractivity contribution >= 4 is 39.1 Å². The fraction of sp³-hybridized carbons (Fsp3) is 0.312. The van der Waals surface area contributed by atoms with Crippen LogP contribution in [0, 0.1) is 0 Å². The Hall–Kier alpha value is -1.73. The first-order chi connectivity index (χ1) is 10.9. The molecule has 7 heteroatoms. The van der Waals surface area contributed by atoms with Gasteiger partial charge >= 0.3 is 0 Å². The number of nitrogens with one attached hydrogen (secondary N) is 2. The van der Waals surface area contributed by atoms with Gasteiger partial charge in [0.2, 0.25) is 11.8 Å². The molecular formula is C16H18BrN3O2S. The standard InChI is InChI=1S/C16H18BrN3O2S/c1-10(2)19-15(22)8-18-14(21)7-13-9-23-16(20-13)11-4-3-5-12(17)6-11/h3-6,9-10H,7-8H2,1-2H3,(H,18,21)(H,19,22). The second-order valence-electron chi connectivity index (χ2n) is 5.33. The Morgan fingerprint density at radius 1 is 1.30 bits per heavy atom. The molecule has 0 fully saturated rings. The summed E-state index contributed by atoms with van der Waals surface area (Å²) in [6.07, 6.45) is 0.166. The zero-order chi connectivity index (χ0) is 16.8. The molecule has 0 saturated carbocycles. The van der Waals surface area contributed by atoms with E-state index in [2.05, 4.69) is 31.5 Å². The molecule has 5 nitrogen and oxygen atoms in total. The summed E-state index contributed by atoms with van der Waals surface area (Å²) in [6, 6.07) is 7.92. The summed E-state index contributed by atoms with van der Waals surface area (Å²) in [5, 5.41) is 8.05. The number of hydrogen-bond acceptors (Lipinski definition) is 4. The number of nitrogens with zero attached hydrogens (tertiary/aromatic N) is 1. The highest BCUT2D eigenvalue weighted by molar-refractivity contribution is 9.10. The van der Waals surface area contributed by atoms with Crippen molar-refractivity contribution in [3.05, 3.63) is 39.8 Å². The summed E-state index contributed by atoms with van der Waals surface area (Å²) < 4.78 is 0.987. The van der Waals surface area contributed by atoms with Gasteiger partial charge in [-0.1, -0.05) is 28.1 Å². The number of amides is 2. The zero-order valence-electron chi connectivity index (χ0n) is 12.9. The van der Waals surface area contributed by atoms with Crippen molar-refractivity contribution in [2.24, 2.45) is 0 Å². The molecule has 0 radical (unpaired) electrons. The average Bonchev–Trinajstić information content (AvgIpc) is 2.93. The summed E-state index contributed by atoms with van der Waals surface area (Å²) in [4.78, 5) is 27.8. The first-order valence-electron chi connectivity index (χ1n) is 7.20. The van der Waals surface area contributed by atoms with Crippen LogP contribution in [0.4, 0.5) is 0 Å². The lowest BCUT2D eigenvalue weighted by Crippen LogP contribution is -2.40. The SMILES string of the molecule is CC(C)NC(=O)CNC(=O)Cc1csc(-c2cccc(Br)c2)n1. The number of halogens is 1. The first-order valence-corrected chi connectivity index (χ1v) is 8.87. The minimum Gasteiger partial charge on any atom is -0.352 e. The molecule has 0 aliphatic heterocycles. The van der Waals surface area contributed by atoms with E-state index in [0.29, 0.717) is 5.69 Å². The van der Waals surface area contributed by atoms with Crippen LogP contribution in [0.5, 0.6) is 0 Å². The Balaban J connectivity index is 1.89. The zero-order valence-corrected chi connectivity index (χ0v) is 15.3. The smallest absolute Gasteiger partial charge is 0.239 e. The van der Waals surface area contributed by atoms with Crippen LogP contribution in [0.15, 0.2) is 34.1 Å². The van der Waals surface area contributed by atoms with Gasteiger partial charge in [0.1, 0.15) is 5.01 Å². The molecule has 2 N–H and O–H groups in total.